The lowest BCUT2D eigenvalue weighted by Gasteiger charge is -2.49. The third-order valence-corrected chi connectivity index (χ3v) is 6.74. The minimum Gasteiger partial charge on any atom is -0.461 e. The average molecular weight is 586 g/mol. The summed E-state index contributed by atoms with van der Waals surface area (Å²) < 4.78 is 10.6. The number of esters is 2. The van der Waals surface area contributed by atoms with Crippen LogP contribution in [-0.2, 0) is 38.3 Å². The van der Waals surface area contributed by atoms with Gasteiger partial charge in [0, 0.05) is 23.8 Å². The van der Waals surface area contributed by atoms with Gasteiger partial charge in [-0.1, -0.05) is 58.7 Å². The molecule has 2 aliphatic heterocycles. The van der Waals surface area contributed by atoms with Crippen LogP contribution >= 0.6 is 35.0 Å². The number of carbonyl (C=O) groups is 5. The highest BCUT2D eigenvalue weighted by atomic mass is 35.5. The smallest absolute Gasteiger partial charge is 0.367 e. The van der Waals surface area contributed by atoms with E-state index < -0.39 is 51.6 Å². The quantitative estimate of drug-likeness (QED) is 0.121. The zero-order chi connectivity index (χ0) is 28.2. The minimum atomic E-state index is -1.52. The molecule has 1 aromatic rings. The van der Waals surface area contributed by atoms with Crippen molar-refractivity contribution in [2.45, 2.75) is 49.5 Å². The maximum absolute atomic E-state index is 13.2. The number of carbonyl (C=O) groups excluding carboxylic acids is 5. The van der Waals surface area contributed by atoms with Crippen LogP contribution in [0.2, 0.25) is 0 Å². The number of oxime groups is 1. The Bertz CT molecular complexity index is 1200. The van der Waals surface area contributed by atoms with Gasteiger partial charge in [0.1, 0.15) is 29.3 Å². The number of benzene rings is 1. The van der Waals surface area contributed by atoms with E-state index in [4.69, 9.17) is 32.7 Å². The van der Waals surface area contributed by atoms with Crippen molar-refractivity contribution >= 4 is 70.4 Å². The normalized spacial score (nSPS) is 19.4. The molecule has 2 aliphatic rings. The maximum Gasteiger partial charge on any atom is 0.367 e. The fraction of sp³-hybridized carbons (Fsp3) is 0.417. The second kappa shape index (κ2) is 12.2. The van der Waals surface area contributed by atoms with Gasteiger partial charge in [0.25, 0.3) is 11.8 Å². The summed E-state index contributed by atoms with van der Waals surface area (Å²) >= 11 is 12.2. The number of hydrogen-bond donors (Lipinski definition) is 1. The molecule has 1 aromatic carbocycles. The van der Waals surface area contributed by atoms with Crippen molar-refractivity contribution in [1.82, 2.24) is 10.2 Å². The number of alkyl halides is 2. The Morgan fingerprint density at radius 3 is 2.42 bits per heavy atom. The first-order valence-electron chi connectivity index (χ1n) is 11.3. The average Bonchev–Trinajstić information content (AvgIpc) is 2.84. The third-order valence-electron chi connectivity index (χ3n) is 5.04. The van der Waals surface area contributed by atoms with Gasteiger partial charge in [0.05, 0.1) is 0 Å². The number of rotatable bonds is 8. The lowest BCUT2D eigenvalue weighted by atomic mass is 10.0. The van der Waals surface area contributed by atoms with E-state index in [9.17, 15) is 24.0 Å². The number of fused-ring (bicyclic) bond motifs is 1. The summed E-state index contributed by atoms with van der Waals surface area (Å²) in [7, 11) is 0. The van der Waals surface area contributed by atoms with Crippen molar-refractivity contribution in [3.8, 4) is 0 Å². The minimum absolute atomic E-state index is 0.0263. The topological polar surface area (TPSA) is 141 Å². The molecule has 0 aliphatic carbocycles. The number of halogens is 2. The first-order valence-corrected chi connectivity index (χ1v) is 13.2. The lowest BCUT2D eigenvalue weighted by molar-refractivity contribution is -0.159. The molecule has 1 saturated heterocycles. The molecule has 0 radical (unpaired) electrons. The van der Waals surface area contributed by atoms with Gasteiger partial charge >= 0.3 is 17.9 Å². The molecule has 2 atom stereocenters. The monoisotopic (exact) mass is 585 g/mol. The van der Waals surface area contributed by atoms with Gasteiger partial charge in [-0.15, -0.1) is 11.8 Å². The highest BCUT2D eigenvalue weighted by Gasteiger charge is 2.55. The largest absolute Gasteiger partial charge is 0.461 e. The van der Waals surface area contributed by atoms with E-state index >= 15 is 0 Å². The fourth-order valence-corrected chi connectivity index (χ4v) is 4.87. The van der Waals surface area contributed by atoms with Crippen molar-refractivity contribution in [3.63, 3.8) is 0 Å². The van der Waals surface area contributed by atoms with Crippen molar-refractivity contribution in [2.24, 2.45) is 5.16 Å². The molecular formula is C24H25Cl2N3O8S. The maximum atomic E-state index is 13.2. The van der Waals surface area contributed by atoms with Crippen LogP contribution in [0.25, 0.3) is 0 Å². The number of nitrogens with zero attached hydrogens (tertiary/aromatic N) is 2. The van der Waals surface area contributed by atoms with Crippen molar-refractivity contribution < 1.29 is 38.3 Å². The van der Waals surface area contributed by atoms with Crippen LogP contribution in [0.1, 0.15) is 33.3 Å². The Hall–Kier alpha value is -3.09. The fourth-order valence-electron chi connectivity index (χ4n) is 3.46. The summed E-state index contributed by atoms with van der Waals surface area (Å²) in [6.07, 6.45) is 0. The van der Waals surface area contributed by atoms with Gasteiger partial charge in [0.15, 0.2) is 5.71 Å². The Balaban J connectivity index is 1.85. The summed E-state index contributed by atoms with van der Waals surface area (Å²) in [6.45, 7) is 6.09. The molecule has 2 heterocycles. The molecule has 0 saturated carbocycles. The molecule has 0 bridgehead atoms. The number of ether oxygens (including phenoxy) is 2. The molecule has 2 amide bonds. The van der Waals surface area contributed by atoms with Crippen LogP contribution in [0.5, 0.6) is 0 Å². The van der Waals surface area contributed by atoms with Crippen LogP contribution in [0.15, 0.2) is 46.8 Å². The van der Waals surface area contributed by atoms with E-state index in [1.807, 2.05) is 0 Å². The molecule has 0 spiro atoms. The van der Waals surface area contributed by atoms with Crippen molar-refractivity contribution in [3.05, 3.63) is 47.2 Å². The highest BCUT2D eigenvalue weighted by molar-refractivity contribution is 8.00. The SMILES string of the molecule is CC(=O)OCC1=C(C(=O)OC(C)(C)C)N2C(=O)[C@@H](NC(=O)/C(=N/OC(=O)C(Cl)Cl)c3ccccc3)[C@H]2SC1. The number of thioether (sulfide) groups is 1. The molecule has 0 aromatic heterocycles. The van der Waals surface area contributed by atoms with Gasteiger partial charge in [-0.25, -0.2) is 9.59 Å². The van der Waals surface area contributed by atoms with Crippen LogP contribution in [0, 0.1) is 0 Å². The molecule has 204 valence electrons. The molecule has 1 N–H and O–H groups in total. The predicted octanol–water partition coefficient (Wildman–Crippen LogP) is 2.30. The van der Waals surface area contributed by atoms with E-state index in [-0.39, 0.29) is 23.8 Å². The van der Waals surface area contributed by atoms with Gasteiger partial charge < -0.3 is 19.6 Å². The highest BCUT2D eigenvalue weighted by Crippen LogP contribution is 2.41. The van der Waals surface area contributed by atoms with Gasteiger partial charge in [0.2, 0.25) is 4.84 Å². The Labute approximate surface area is 232 Å². The number of amides is 2. The van der Waals surface area contributed by atoms with E-state index in [2.05, 4.69) is 15.3 Å². The van der Waals surface area contributed by atoms with Crippen molar-refractivity contribution in [1.29, 1.82) is 0 Å². The second-order valence-electron chi connectivity index (χ2n) is 9.11. The van der Waals surface area contributed by atoms with E-state index in [0.717, 1.165) is 0 Å². The number of hydrogen-bond acceptors (Lipinski definition) is 10. The summed E-state index contributed by atoms with van der Waals surface area (Å²) in [5.74, 6) is -3.53. The Morgan fingerprint density at radius 2 is 1.84 bits per heavy atom. The zero-order valence-electron chi connectivity index (χ0n) is 20.9. The van der Waals surface area contributed by atoms with Crippen LogP contribution in [0.3, 0.4) is 0 Å². The summed E-state index contributed by atoms with van der Waals surface area (Å²) in [5, 5.41) is 5.56. The first kappa shape index (κ1) is 29.5. The van der Waals surface area contributed by atoms with Crippen molar-refractivity contribution in [2.75, 3.05) is 12.4 Å². The summed E-state index contributed by atoms with van der Waals surface area (Å²) in [6, 6.07) is 7.07. The van der Waals surface area contributed by atoms with Crippen LogP contribution in [0.4, 0.5) is 0 Å². The second-order valence-corrected chi connectivity index (χ2v) is 11.3. The molecule has 11 nitrogen and oxygen atoms in total. The molecular weight excluding hydrogens is 561 g/mol. The predicted molar refractivity (Wildman–Crippen MR) is 139 cm³/mol. The van der Waals surface area contributed by atoms with Gasteiger partial charge in [-0.3, -0.25) is 19.3 Å². The Kier molecular flexibility index (Phi) is 9.45. The Morgan fingerprint density at radius 1 is 1.18 bits per heavy atom. The number of β-lactam (4-membered cyclic amide) rings is 1. The summed E-state index contributed by atoms with van der Waals surface area (Å²) in [5.41, 5.74) is -0.456. The first-order chi connectivity index (χ1) is 17.8. The van der Waals surface area contributed by atoms with Crippen LogP contribution < -0.4 is 5.32 Å². The van der Waals surface area contributed by atoms with Crippen LogP contribution in [-0.4, -0.2) is 74.5 Å². The van der Waals surface area contributed by atoms with E-state index in [1.165, 1.54) is 23.6 Å². The van der Waals surface area contributed by atoms with E-state index in [1.54, 1.807) is 51.1 Å². The molecule has 14 heteroatoms. The molecule has 1 fully saturated rings. The molecule has 38 heavy (non-hydrogen) atoms. The van der Waals surface area contributed by atoms with Gasteiger partial charge in [-0.05, 0) is 20.8 Å². The summed E-state index contributed by atoms with van der Waals surface area (Å²) in [4.78, 5) is 66.8. The molecule has 0 unspecified atom stereocenters. The van der Waals surface area contributed by atoms with Gasteiger partial charge in [-0.2, -0.15) is 0 Å². The standard InChI is InChI=1S/C24H25Cl2N3O8S/c1-12(30)35-10-14-11-38-21-16(20(32)29(21)17(14)22(33)36-24(2,3)4)27-19(31)15(13-8-6-5-7-9-13)28-37-23(34)18(25)26/h5-9,16,18,21H,10-11H2,1-4H3,(H,27,31)/b28-15+/t16-,21-/m1/s1. The third kappa shape index (κ3) is 7.06. The number of nitrogens with one attached hydrogen (secondary N) is 1. The molecule has 3 rings (SSSR count). The lowest BCUT2D eigenvalue weighted by Crippen LogP contribution is -2.71. The zero-order valence-corrected chi connectivity index (χ0v) is 23.2. The van der Waals surface area contributed by atoms with E-state index in [0.29, 0.717) is 11.1 Å².